The highest BCUT2D eigenvalue weighted by Gasteiger charge is 2.23. The predicted molar refractivity (Wildman–Crippen MR) is 79.4 cm³/mol. The molecule has 2 atom stereocenters. The summed E-state index contributed by atoms with van der Waals surface area (Å²) in [4.78, 5) is 13.9. The molecule has 1 aliphatic rings. The molecule has 1 heterocycles. The summed E-state index contributed by atoms with van der Waals surface area (Å²) in [5.74, 6) is 0.921. The fraction of sp³-hybridized carbons (Fsp3) is 0.533. The van der Waals surface area contributed by atoms with Crippen molar-refractivity contribution in [3.05, 3.63) is 28.2 Å². The van der Waals surface area contributed by atoms with Crippen LogP contribution in [0.3, 0.4) is 0 Å². The highest BCUT2D eigenvalue weighted by Crippen LogP contribution is 2.30. The smallest absolute Gasteiger partial charge is 0.160 e. The maximum atomic E-state index is 11.4. The number of rotatable bonds is 2. The second-order valence-corrected chi connectivity index (χ2v) is 6.25. The number of Topliss-reactive ketones (excluding diaryl/α,β-unsaturated/α-hetero) is 1. The molecule has 18 heavy (non-hydrogen) atoms. The summed E-state index contributed by atoms with van der Waals surface area (Å²) in [5, 5.41) is 0. The molecule has 3 heteroatoms. The van der Waals surface area contributed by atoms with Gasteiger partial charge in [-0.3, -0.25) is 4.79 Å². The molecule has 1 aliphatic heterocycles. The average Bonchev–Trinajstić information content (AvgIpc) is 2.28. The molecule has 98 valence electrons. The van der Waals surface area contributed by atoms with Crippen LogP contribution in [-0.2, 0) is 0 Å². The third-order valence-corrected chi connectivity index (χ3v) is 4.46. The minimum Gasteiger partial charge on any atom is -0.369 e. The number of ketones is 1. The lowest BCUT2D eigenvalue weighted by atomic mass is 9.93. The third kappa shape index (κ3) is 2.77. The van der Waals surface area contributed by atoms with Crippen LogP contribution in [0.25, 0.3) is 0 Å². The van der Waals surface area contributed by atoms with Gasteiger partial charge in [0.15, 0.2) is 5.78 Å². The predicted octanol–water partition coefficient (Wildman–Crippen LogP) is 4.28. The fourth-order valence-corrected chi connectivity index (χ4v) is 3.40. The lowest BCUT2D eigenvalue weighted by Gasteiger charge is -2.38. The van der Waals surface area contributed by atoms with Crippen LogP contribution in [0.15, 0.2) is 22.7 Å². The molecule has 0 N–H and O–H groups in total. The Hall–Kier alpha value is -0.830. The number of carbonyl (C=O) groups is 1. The molecule has 1 aromatic rings. The van der Waals surface area contributed by atoms with E-state index in [1.165, 1.54) is 18.5 Å². The Labute approximate surface area is 117 Å². The van der Waals surface area contributed by atoms with Crippen molar-refractivity contribution in [2.24, 2.45) is 5.92 Å². The van der Waals surface area contributed by atoms with Crippen LogP contribution in [0.4, 0.5) is 5.69 Å². The van der Waals surface area contributed by atoms with E-state index in [-0.39, 0.29) is 5.78 Å². The van der Waals surface area contributed by atoms with E-state index in [9.17, 15) is 4.79 Å². The molecular formula is C15H20BrNO. The highest BCUT2D eigenvalue weighted by atomic mass is 79.9. The van der Waals surface area contributed by atoms with Gasteiger partial charge in [-0.05, 0) is 66.7 Å². The summed E-state index contributed by atoms with van der Waals surface area (Å²) in [5.41, 5.74) is 1.98. The number of hydrogen-bond donors (Lipinski definition) is 0. The summed E-state index contributed by atoms with van der Waals surface area (Å²) < 4.78 is 0.901. The minimum absolute atomic E-state index is 0.105. The second kappa shape index (κ2) is 5.43. The molecular weight excluding hydrogens is 290 g/mol. The molecule has 2 nitrogen and oxygen atoms in total. The van der Waals surface area contributed by atoms with E-state index in [0.29, 0.717) is 6.04 Å². The van der Waals surface area contributed by atoms with Crippen molar-refractivity contribution in [2.75, 3.05) is 11.4 Å². The van der Waals surface area contributed by atoms with Crippen LogP contribution in [0.2, 0.25) is 0 Å². The van der Waals surface area contributed by atoms with Gasteiger partial charge >= 0.3 is 0 Å². The van der Waals surface area contributed by atoms with E-state index >= 15 is 0 Å². The van der Waals surface area contributed by atoms with Crippen molar-refractivity contribution in [1.82, 2.24) is 0 Å². The van der Waals surface area contributed by atoms with Crippen molar-refractivity contribution < 1.29 is 4.79 Å². The number of carbonyl (C=O) groups excluding carboxylic acids is 1. The van der Waals surface area contributed by atoms with Crippen LogP contribution in [-0.4, -0.2) is 18.4 Å². The van der Waals surface area contributed by atoms with Crippen LogP contribution in [0.1, 0.15) is 44.0 Å². The number of halogens is 1. The van der Waals surface area contributed by atoms with E-state index in [1.54, 1.807) is 6.92 Å². The topological polar surface area (TPSA) is 20.3 Å². The summed E-state index contributed by atoms with van der Waals surface area (Å²) in [7, 11) is 0. The molecule has 1 fully saturated rings. The first-order valence-corrected chi connectivity index (χ1v) is 7.35. The molecule has 0 aliphatic carbocycles. The number of piperidine rings is 1. The summed E-state index contributed by atoms with van der Waals surface area (Å²) in [6, 6.07) is 6.63. The Bertz CT molecular complexity index is 458. The summed E-state index contributed by atoms with van der Waals surface area (Å²) in [6.45, 7) is 7.31. The first-order valence-electron chi connectivity index (χ1n) is 6.56. The standard InChI is InChI=1S/C15H20BrNO/c1-10-6-7-17(11(2)8-10)13-4-5-14(12(3)18)15(16)9-13/h4-5,9-11H,6-8H2,1-3H3. The van der Waals surface area contributed by atoms with Crippen molar-refractivity contribution in [2.45, 2.75) is 39.7 Å². The number of anilines is 1. The Morgan fingerprint density at radius 3 is 2.67 bits per heavy atom. The third-order valence-electron chi connectivity index (χ3n) is 3.80. The summed E-state index contributed by atoms with van der Waals surface area (Å²) in [6.07, 6.45) is 2.49. The molecule has 0 bridgehead atoms. The van der Waals surface area contributed by atoms with Crippen LogP contribution in [0.5, 0.6) is 0 Å². The highest BCUT2D eigenvalue weighted by molar-refractivity contribution is 9.10. The molecule has 0 saturated carbocycles. The lowest BCUT2D eigenvalue weighted by molar-refractivity contribution is 0.101. The molecule has 1 aromatic carbocycles. The molecule has 1 saturated heterocycles. The van der Waals surface area contributed by atoms with Gasteiger partial charge in [0, 0.05) is 28.3 Å². The lowest BCUT2D eigenvalue weighted by Crippen LogP contribution is -2.40. The van der Waals surface area contributed by atoms with Gasteiger partial charge in [0.05, 0.1) is 0 Å². The van der Waals surface area contributed by atoms with Gasteiger partial charge in [-0.15, -0.1) is 0 Å². The Balaban J connectivity index is 2.24. The molecule has 0 aromatic heterocycles. The van der Waals surface area contributed by atoms with Crippen molar-refractivity contribution in [3.63, 3.8) is 0 Å². The van der Waals surface area contributed by atoms with Crippen LogP contribution < -0.4 is 4.90 Å². The average molecular weight is 310 g/mol. The molecule has 0 amide bonds. The van der Waals surface area contributed by atoms with E-state index in [4.69, 9.17) is 0 Å². The van der Waals surface area contributed by atoms with E-state index < -0.39 is 0 Å². The maximum Gasteiger partial charge on any atom is 0.160 e. The molecule has 2 rings (SSSR count). The first-order chi connectivity index (χ1) is 8.49. The van der Waals surface area contributed by atoms with Gasteiger partial charge in [-0.25, -0.2) is 0 Å². The van der Waals surface area contributed by atoms with Gasteiger partial charge in [-0.2, -0.15) is 0 Å². The van der Waals surface area contributed by atoms with Crippen LogP contribution >= 0.6 is 15.9 Å². The zero-order valence-corrected chi connectivity index (χ0v) is 12.8. The van der Waals surface area contributed by atoms with E-state index in [2.05, 4.69) is 46.8 Å². The van der Waals surface area contributed by atoms with Gasteiger partial charge < -0.3 is 4.90 Å². The SMILES string of the molecule is CC(=O)c1ccc(N2CCC(C)CC2C)cc1Br. The van der Waals surface area contributed by atoms with Gasteiger partial charge in [0.2, 0.25) is 0 Å². The van der Waals surface area contributed by atoms with E-state index in [1.807, 2.05) is 6.07 Å². The summed E-state index contributed by atoms with van der Waals surface area (Å²) >= 11 is 3.50. The zero-order valence-electron chi connectivity index (χ0n) is 11.2. The molecule has 0 spiro atoms. The largest absolute Gasteiger partial charge is 0.369 e. The number of benzene rings is 1. The fourth-order valence-electron chi connectivity index (χ4n) is 2.76. The second-order valence-electron chi connectivity index (χ2n) is 5.39. The molecule has 2 unspecified atom stereocenters. The Morgan fingerprint density at radius 2 is 2.11 bits per heavy atom. The Kier molecular flexibility index (Phi) is 4.10. The van der Waals surface area contributed by atoms with Gasteiger partial charge in [0.25, 0.3) is 0 Å². The number of hydrogen-bond acceptors (Lipinski definition) is 2. The molecule has 0 radical (unpaired) electrons. The minimum atomic E-state index is 0.105. The van der Waals surface area contributed by atoms with Crippen molar-refractivity contribution in [1.29, 1.82) is 0 Å². The van der Waals surface area contributed by atoms with Crippen molar-refractivity contribution in [3.8, 4) is 0 Å². The quantitative estimate of drug-likeness (QED) is 0.760. The van der Waals surface area contributed by atoms with Gasteiger partial charge in [0.1, 0.15) is 0 Å². The van der Waals surface area contributed by atoms with Gasteiger partial charge in [-0.1, -0.05) is 6.92 Å². The maximum absolute atomic E-state index is 11.4. The van der Waals surface area contributed by atoms with E-state index in [0.717, 1.165) is 22.5 Å². The first kappa shape index (κ1) is 13.6. The normalized spacial score (nSPS) is 24.1. The van der Waals surface area contributed by atoms with Crippen LogP contribution in [0, 0.1) is 5.92 Å². The zero-order chi connectivity index (χ0) is 13.3. The van der Waals surface area contributed by atoms with Crippen molar-refractivity contribution >= 4 is 27.4 Å². The Morgan fingerprint density at radius 1 is 1.39 bits per heavy atom. The number of nitrogens with zero attached hydrogens (tertiary/aromatic N) is 1. The monoisotopic (exact) mass is 309 g/mol.